The Morgan fingerprint density at radius 3 is 2.55 bits per heavy atom. The molecule has 0 aliphatic rings. The lowest BCUT2D eigenvalue weighted by Gasteiger charge is -2.12. The van der Waals surface area contributed by atoms with E-state index in [2.05, 4.69) is 33.6 Å². The van der Waals surface area contributed by atoms with Crippen molar-refractivity contribution in [2.24, 2.45) is 5.92 Å². The first-order valence-corrected chi connectivity index (χ1v) is 9.00. The Bertz CT molecular complexity index is 725. The number of sulfonamides is 1. The highest BCUT2D eigenvalue weighted by molar-refractivity contribution is 7.88. The minimum Gasteiger partial charge on any atom is -0.237 e. The summed E-state index contributed by atoms with van der Waals surface area (Å²) < 4.78 is 27.1. The van der Waals surface area contributed by atoms with Crippen LogP contribution in [-0.4, -0.2) is 34.4 Å². The van der Waals surface area contributed by atoms with E-state index >= 15 is 0 Å². The number of nitrogens with zero attached hydrogens (tertiary/aromatic N) is 4. The topological polar surface area (TPSA) is 89.8 Å². The molecular weight excluding hydrogens is 302 g/mol. The first kappa shape index (κ1) is 16.6. The van der Waals surface area contributed by atoms with Crippen molar-refractivity contribution in [2.45, 2.75) is 33.2 Å². The molecule has 0 fully saturated rings. The second-order valence-corrected chi connectivity index (χ2v) is 7.48. The molecule has 120 valence electrons. The lowest BCUT2D eigenvalue weighted by Crippen LogP contribution is -2.27. The lowest BCUT2D eigenvalue weighted by molar-refractivity contribution is 0.559. The van der Waals surface area contributed by atoms with Crippen LogP contribution in [-0.2, 0) is 16.4 Å². The first-order valence-electron chi connectivity index (χ1n) is 7.11. The summed E-state index contributed by atoms with van der Waals surface area (Å²) in [6.07, 6.45) is 3.51. The third-order valence-corrected chi connectivity index (χ3v) is 3.69. The van der Waals surface area contributed by atoms with Gasteiger partial charge in [-0.1, -0.05) is 19.9 Å². The molecule has 0 aromatic carbocycles. The summed E-state index contributed by atoms with van der Waals surface area (Å²) in [6.45, 7) is 5.91. The zero-order valence-corrected chi connectivity index (χ0v) is 14.0. The van der Waals surface area contributed by atoms with Gasteiger partial charge in [0.15, 0.2) is 17.5 Å². The highest BCUT2D eigenvalue weighted by atomic mass is 32.2. The minimum atomic E-state index is -3.34. The number of pyridine rings is 1. The van der Waals surface area contributed by atoms with Gasteiger partial charge in [0, 0.05) is 12.6 Å². The van der Waals surface area contributed by atoms with Crippen molar-refractivity contribution in [1.82, 2.24) is 24.5 Å². The molecule has 1 N–H and O–H groups in total. The Balaban J connectivity index is 2.44. The molecule has 1 atom stereocenters. The van der Waals surface area contributed by atoms with E-state index in [4.69, 9.17) is 0 Å². The normalized spacial score (nSPS) is 13.5. The fraction of sp³-hybridized carbons (Fsp3) is 0.500. The Morgan fingerprint density at radius 1 is 1.27 bits per heavy atom. The van der Waals surface area contributed by atoms with Gasteiger partial charge in [-0.25, -0.2) is 23.1 Å². The Morgan fingerprint density at radius 2 is 2.00 bits per heavy atom. The van der Waals surface area contributed by atoms with E-state index in [9.17, 15) is 8.42 Å². The van der Waals surface area contributed by atoms with Crippen LogP contribution in [0.3, 0.4) is 0 Å². The van der Waals surface area contributed by atoms with Gasteiger partial charge in [0.1, 0.15) is 0 Å². The van der Waals surface area contributed by atoms with E-state index in [1.54, 1.807) is 17.8 Å². The Kier molecular flexibility index (Phi) is 4.92. The average Bonchev–Trinajstić information content (AvgIpc) is 2.81. The number of hydrogen-bond donors (Lipinski definition) is 1. The SMILES string of the molecule is CC(C)Cc1nc(C(C)NS(C)(=O)=O)n(-c2ccccn2)n1. The molecule has 0 radical (unpaired) electrons. The van der Waals surface area contributed by atoms with E-state index in [0.29, 0.717) is 23.4 Å². The number of hydrogen-bond acceptors (Lipinski definition) is 5. The predicted octanol–water partition coefficient (Wildman–Crippen LogP) is 1.47. The highest BCUT2D eigenvalue weighted by Crippen LogP contribution is 2.16. The van der Waals surface area contributed by atoms with Gasteiger partial charge in [-0.15, -0.1) is 5.10 Å². The van der Waals surface area contributed by atoms with Crippen LogP contribution in [0.5, 0.6) is 0 Å². The molecule has 7 nitrogen and oxygen atoms in total. The van der Waals surface area contributed by atoms with Crippen LogP contribution in [0.2, 0.25) is 0 Å². The summed E-state index contributed by atoms with van der Waals surface area (Å²) in [5.74, 6) is 2.23. The summed E-state index contributed by atoms with van der Waals surface area (Å²) in [5.41, 5.74) is 0. The zero-order chi connectivity index (χ0) is 16.3. The molecule has 0 aliphatic carbocycles. The summed E-state index contributed by atoms with van der Waals surface area (Å²) in [6, 6.07) is 4.98. The molecular formula is C14H21N5O2S. The maximum atomic E-state index is 11.5. The van der Waals surface area contributed by atoms with Gasteiger partial charge in [0.05, 0.1) is 12.3 Å². The zero-order valence-electron chi connectivity index (χ0n) is 13.2. The van der Waals surface area contributed by atoms with Crippen molar-refractivity contribution in [2.75, 3.05) is 6.26 Å². The lowest BCUT2D eigenvalue weighted by atomic mass is 10.1. The van der Waals surface area contributed by atoms with Crippen molar-refractivity contribution < 1.29 is 8.42 Å². The molecule has 0 amide bonds. The Hall–Kier alpha value is -1.80. The van der Waals surface area contributed by atoms with Crippen LogP contribution in [0.25, 0.3) is 5.82 Å². The summed E-state index contributed by atoms with van der Waals surface area (Å²) in [5, 5.41) is 4.48. The van der Waals surface area contributed by atoms with Crippen molar-refractivity contribution in [3.63, 3.8) is 0 Å². The van der Waals surface area contributed by atoms with E-state index in [1.807, 2.05) is 18.2 Å². The van der Waals surface area contributed by atoms with Crippen LogP contribution in [0.15, 0.2) is 24.4 Å². The van der Waals surface area contributed by atoms with Crippen molar-refractivity contribution in [3.8, 4) is 5.82 Å². The summed E-state index contributed by atoms with van der Waals surface area (Å²) in [4.78, 5) is 8.76. The Labute approximate surface area is 130 Å². The van der Waals surface area contributed by atoms with E-state index in [0.717, 1.165) is 12.7 Å². The third-order valence-electron chi connectivity index (χ3n) is 2.91. The van der Waals surface area contributed by atoms with Gasteiger partial charge >= 0.3 is 0 Å². The molecule has 2 aromatic rings. The smallest absolute Gasteiger partial charge is 0.209 e. The standard InChI is InChI=1S/C14H21N5O2S/c1-10(2)9-12-16-14(11(3)18-22(4,20)21)19(17-12)13-7-5-6-8-15-13/h5-8,10-11,18H,9H2,1-4H3. The van der Waals surface area contributed by atoms with Crippen LogP contribution in [0, 0.1) is 5.92 Å². The molecule has 0 spiro atoms. The second kappa shape index (κ2) is 6.53. The van der Waals surface area contributed by atoms with Crippen LogP contribution < -0.4 is 4.72 Å². The van der Waals surface area contributed by atoms with E-state index in [1.165, 1.54) is 0 Å². The van der Waals surface area contributed by atoms with Crippen molar-refractivity contribution in [3.05, 3.63) is 36.0 Å². The molecule has 0 bridgehead atoms. The van der Waals surface area contributed by atoms with Gasteiger partial charge < -0.3 is 0 Å². The van der Waals surface area contributed by atoms with Gasteiger partial charge in [0.2, 0.25) is 10.0 Å². The largest absolute Gasteiger partial charge is 0.237 e. The van der Waals surface area contributed by atoms with Crippen molar-refractivity contribution in [1.29, 1.82) is 0 Å². The van der Waals surface area contributed by atoms with Crippen molar-refractivity contribution >= 4 is 10.0 Å². The number of nitrogens with one attached hydrogen (secondary N) is 1. The fourth-order valence-corrected chi connectivity index (χ4v) is 2.87. The maximum absolute atomic E-state index is 11.5. The molecule has 2 aromatic heterocycles. The summed E-state index contributed by atoms with van der Waals surface area (Å²) >= 11 is 0. The first-order chi connectivity index (χ1) is 10.3. The van der Waals surface area contributed by atoms with Gasteiger partial charge in [0.25, 0.3) is 0 Å². The predicted molar refractivity (Wildman–Crippen MR) is 84.1 cm³/mol. The number of aromatic nitrogens is 4. The molecule has 2 heterocycles. The quantitative estimate of drug-likeness (QED) is 0.869. The van der Waals surface area contributed by atoms with Crippen LogP contribution in [0.4, 0.5) is 0 Å². The fourth-order valence-electron chi connectivity index (χ4n) is 2.12. The second-order valence-electron chi connectivity index (χ2n) is 5.70. The molecule has 0 saturated carbocycles. The van der Waals surface area contributed by atoms with Crippen LogP contribution in [0.1, 0.15) is 38.5 Å². The minimum absolute atomic E-state index is 0.408. The molecule has 22 heavy (non-hydrogen) atoms. The third kappa shape index (κ3) is 4.35. The highest BCUT2D eigenvalue weighted by Gasteiger charge is 2.21. The molecule has 0 saturated heterocycles. The van der Waals surface area contributed by atoms with Gasteiger partial charge in [-0.2, -0.15) is 4.68 Å². The molecule has 2 rings (SSSR count). The van der Waals surface area contributed by atoms with Gasteiger partial charge in [-0.05, 0) is 25.0 Å². The van der Waals surface area contributed by atoms with Gasteiger partial charge in [-0.3, -0.25) is 0 Å². The molecule has 0 aliphatic heterocycles. The summed E-state index contributed by atoms with van der Waals surface area (Å²) in [7, 11) is -3.34. The molecule has 8 heteroatoms. The average molecular weight is 323 g/mol. The molecule has 1 unspecified atom stereocenters. The number of rotatable bonds is 6. The van der Waals surface area contributed by atoms with E-state index < -0.39 is 16.1 Å². The van der Waals surface area contributed by atoms with E-state index in [-0.39, 0.29) is 0 Å². The maximum Gasteiger partial charge on any atom is 0.209 e. The van der Waals surface area contributed by atoms with Crippen LogP contribution >= 0.6 is 0 Å². The monoisotopic (exact) mass is 323 g/mol.